The zero-order chi connectivity index (χ0) is 16.5. The zero-order valence-corrected chi connectivity index (χ0v) is 14.2. The fraction of sp³-hybridized carbons (Fsp3) is 0.300. The highest BCUT2D eigenvalue weighted by atomic mass is 16.7. The Labute approximate surface area is 139 Å². The monoisotopic (exact) mass is 306 g/mol. The van der Waals surface area contributed by atoms with E-state index in [1.54, 1.807) is 0 Å². The Hall–Kier alpha value is -1.84. The van der Waals surface area contributed by atoms with Gasteiger partial charge in [-0.3, -0.25) is 0 Å². The van der Waals surface area contributed by atoms with Gasteiger partial charge in [-0.25, -0.2) is 0 Å². The van der Waals surface area contributed by atoms with Crippen LogP contribution in [0, 0.1) is 0 Å². The molecule has 1 fully saturated rings. The number of rotatable bonds is 3. The van der Waals surface area contributed by atoms with Gasteiger partial charge in [-0.2, -0.15) is 0 Å². The molecule has 2 nitrogen and oxygen atoms in total. The van der Waals surface area contributed by atoms with Crippen molar-refractivity contribution in [2.75, 3.05) is 0 Å². The second-order valence-corrected chi connectivity index (χ2v) is 6.98. The molecule has 1 aliphatic rings. The van der Waals surface area contributed by atoms with Gasteiger partial charge in [0.15, 0.2) is 0 Å². The first kappa shape index (κ1) is 16.0. The van der Waals surface area contributed by atoms with Crippen LogP contribution >= 0.6 is 0 Å². The van der Waals surface area contributed by atoms with Crippen molar-refractivity contribution in [3.05, 3.63) is 66.1 Å². The minimum Gasteiger partial charge on any atom is -0.400 e. The average Bonchev–Trinajstić information content (AvgIpc) is 2.74. The van der Waals surface area contributed by atoms with Crippen molar-refractivity contribution < 1.29 is 9.31 Å². The molecule has 3 heteroatoms. The molecule has 0 radical (unpaired) electrons. The molecule has 0 unspecified atom stereocenters. The van der Waals surface area contributed by atoms with E-state index < -0.39 is 0 Å². The molecule has 23 heavy (non-hydrogen) atoms. The lowest BCUT2D eigenvalue weighted by molar-refractivity contribution is 0.00578. The van der Waals surface area contributed by atoms with Crippen molar-refractivity contribution in [3.8, 4) is 11.1 Å². The largest absolute Gasteiger partial charge is 0.487 e. The van der Waals surface area contributed by atoms with Crippen LogP contribution in [0.15, 0.2) is 60.6 Å². The molecule has 1 heterocycles. The molecular weight excluding hydrogens is 283 g/mol. The van der Waals surface area contributed by atoms with Crippen molar-refractivity contribution in [2.45, 2.75) is 38.9 Å². The highest BCUT2D eigenvalue weighted by Gasteiger charge is 2.49. The quantitative estimate of drug-likeness (QED) is 0.743. The van der Waals surface area contributed by atoms with Crippen molar-refractivity contribution in [2.24, 2.45) is 0 Å². The van der Waals surface area contributed by atoms with Gasteiger partial charge in [0.2, 0.25) is 0 Å². The van der Waals surface area contributed by atoms with Crippen LogP contribution in [0.4, 0.5) is 0 Å². The molecule has 0 saturated carbocycles. The fourth-order valence-corrected chi connectivity index (χ4v) is 2.61. The van der Waals surface area contributed by atoms with Crippen molar-refractivity contribution >= 4 is 13.2 Å². The molecule has 0 bridgehead atoms. The van der Waals surface area contributed by atoms with Gasteiger partial charge in [-0.1, -0.05) is 60.6 Å². The lowest BCUT2D eigenvalue weighted by atomic mass is 9.89. The zero-order valence-electron chi connectivity index (χ0n) is 14.2. The maximum atomic E-state index is 5.99. The molecule has 118 valence electrons. The summed E-state index contributed by atoms with van der Waals surface area (Å²) < 4.78 is 12.0. The predicted molar refractivity (Wildman–Crippen MR) is 97.0 cm³/mol. The smallest absolute Gasteiger partial charge is 0.400 e. The summed E-state index contributed by atoms with van der Waals surface area (Å²) in [4.78, 5) is 0. The van der Waals surface area contributed by atoms with Gasteiger partial charge in [-0.15, -0.1) is 0 Å². The summed E-state index contributed by atoms with van der Waals surface area (Å²) in [5, 5.41) is 0. The van der Waals surface area contributed by atoms with E-state index >= 15 is 0 Å². The van der Waals surface area contributed by atoms with Gasteiger partial charge in [-0.05, 0) is 50.5 Å². The van der Waals surface area contributed by atoms with Crippen LogP contribution in [0.1, 0.15) is 33.3 Å². The Morgan fingerprint density at radius 2 is 1.39 bits per heavy atom. The van der Waals surface area contributed by atoms with Gasteiger partial charge >= 0.3 is 7.12 Å². The third kappa shape index (κ3) is 3.41. The molecule has 3 rings (SSSR count). The standard InChI is InChI=1S/C20H23BO2/c1-19(2)20(3,4)23-21(22-19)14-13-16-9-8-12-18(15-16)17-10-6-5-7-11-17/h5-15H,1-4H3/b14-13+. The lowest BCUT2D eigenvalue weighted by Crippen LogP contribution is -2.41. The minimum absolute atomic E-state index is 0.298. The van der Waals surface area contributed by atoms with Gasteiger partial charge in [0, 0.05) is 0 Å². The molecular formula is C20H23BO2. The Morgan fingerprint density at radius 1 is 0.783 bits per heavy atom. The van der Waals surface area contributed by atoms with E-state index in [9.17, 15) is 0 Å². The topological polar surface area (TPSA) is 18.5 Å². The highest BCUT2D eigenvalue weighted by Crippen LogP contribution is 2.37. The first-order valence-corrected chi connectivity index (χ1v) is 8.07. The van der Waals surface area contributed by atoms with Crippen LogP contribution in [0.3, 0.4) is 0 Å². The predicted octanol–water partition coefficient (Wildman–Crippen LogP) is 5.00. The molecule has 1 aliphatic heterocycles. The van der Waals surface area contributed by atoms with E-state index in [1.807, 2.05) is 12.0 Å². The molecule has 1 saturated heterocycles. The first-order valence-electron chi connectivity index (χ1n) is 8.07. The molecule has 2 aromatic rings. The minimum atomic E-state index is -0.305. The van der Waals surface area contributed by atoms with Crippen LogP contribution in [-0.2, 0) is 9.31 Å². The Balaban J connectivity index is 1.77. The normalized spacial score (nSPS) is 19.4. The van der Waals surface area contributed by atoms with Crippen LogP contribution in [0.2, 0.25) is 0 Å². The van der Waals surface area contributed by atoms with Crippen molar-refractivity contribution in [1.82, 2.24) is 0 Å². The Kier molecular flexibility index (Phi) is 4.18. The second-order valence-electron chi connectivity index (χ2n) is 6.98. The maximum absolute atomic E-state index is 5.99. The number of hydrogen-bond donors (Lipinski definition) is 0. The van der Waals surface area contributed by atoms with Crippen molar-refractivity contribution in [1.29, 1.82) is 0 Å². The summed E-state index contributed by atoms with van der Waals surface area (Å²) in [5.74, 6) is 1.99. The van der Waals surface area contributed by atoms with Gasteiger partial charge in [0.05, 0.1) is 11.2 Å². The molecule has 2 aromatic carbocycles. The van der Waals surface area contributed by atoms with Crippen molar-refractivity contribution in [3.63, 3.8) is 0 Å². The molecule has 0 spiro atoms. The summed E-state index contributed by atoms with van der Waals surface area (Å²) in [6.07, 6.45) is 2.06. The van der Waals surface area contributed by atoms with E-state index in [1.165, 1.54) is 11.1 Å². The molecule has 0 N–H and O–H groups in total. The SMILES string of the molecule is CC1(C)OB(/C=C/c2cccc(-c3ccccc3)c2)OC1(C)C. The van der Waals surface area contributed by atoms with E-state index in [2.05, 4.69) is 82.3 Å². The molecule has 0 atom stereocenters. The summed E-state index contributed by atoms with van der Waals surface area (Å²) in [5.41, 5.74) is 2.98. The summed E-state index contributed by atoms with van der Waals surface area (Å²) >= 11 is 0. The van der Waals surface area contributed by atoms with Crippen LogP contribution in [-0.4, -0.2) is 18.3 Å². The first-order chi connectivity index (χ1) is 10.9. The Bertz CT molecular complexity index is 689. The lowest BCUT2D eigenvalue weighted by Gasteiger charge is -2.32. The van der Waals surface area contributed by atoms with E-state index in [0.717, 1.165) is 5.56 Å². The third-order valence-corrected chi connectivity index (χ3v) is 4.71. The second kappa shape index (κ2) is 5.99. The van der Waals surface area contributed by atoms with Crippen LogP contribution < -0.4 is 0 Å². The van der Waals surface area contributed by atoms with Gasteiger partial charge < -0.3 is 9.31 Å². The fourth-order valence-electron chi connectivity index (χ4n) is 2.61. The van der Waals surface area contributed by atoms with Crippen LogP contribution in [0.5, 0.6) is 0 Å². The summed E-state index contributed by atoms with van der Waals surface area (Å²) in [6, 6.07) is 18.9. The van der Waals surface area contributed by atoms with Crippen LogP contribution in [0.25, 0.3) is 17.2 Å². The third-order valence-electron chi connectivity index (χ3n) is 4.71. The molecule has 0 amide bonds. The summed E-state index contributed by atoms with van der Waals surface area (Å²) in [7, 11) is -0.305. The van der Waals surface area contributed by atoms with E-state index in [4.69, 9.17) is 9.31 Å². The number of benzene rings is 2. The summed E-state index contributed by atoms with van der Waals surface area (Å²) in [6.45, 7) is 8.27. The van der Waals surface area contributed by atoms with E-state index in [0.29, 0.717) is 0 Å². The van der Waals surface area contributed by atoms with E-state index in [-0.39, 0.29) is 18.3 Å². The van der Waals surface area contributed by atoms with Gasteiger partial charge in [0.25, 0.3) is 0 Å². The van der Waals surface area contributed by atoms with Gasteiger partial charge in [0.1, 0.15) is 0 Å². The average molecular weight is 306 g/mol. The molecule has 0 aromatic heterocycles. The number of hydrogen-bond acceptors (Lipinski definition) is 2. The molecule has 0 aliphatic carbocycles. The Morgan fingerprint density at radius 3 is 2.04 bits per heavy atom. The highest BCUT2D eigenvalue weighted by molar-refractivity contribution is 6.52. The maximum Gasteiger partial charge on any atom is 0.487 e.